The number of alkyl halides is 1. The number of halogens is 1. The van der Waals surface area contributed by atoms with Crippen LogP contribution in [0, 0.1) is 17.3 Å². The molecule has 1 unspecified atom stereocenters. The summed E-state index contributed by atoms with van der Waals surface area (Å²) in [7, 11) is 0. The van der Waals surface area contributed by atoms with Gasteiger partial charge in [-0.25, -0.2) is 0 Å². The van der Waals surface area contributed by atoms with E-state index in [0.717, 1.165) is 0 Å². The van der Waals surface area contributed by atoms with Gasteiger partial charge >= 0.3 is 5.97 Å². The van der Waals surface area contributed by atoms with E-state index in [4.69, 9.17) is 9.47 Å². The van der Waals surface area contributed by atoms with Crippen molar-refractivity contribution >= 4 is 39.6 Å². The summed E-state index contributed by atoms with van der Waals surface area (Å²) >= 11 is 3.74. The van der Waals surface area contributed by atoms with Gasteiger partial charge in [0.15, 0.2) is 0 Å². The van der Waals surface area contributed by atoms with Crippen molar-refractivity contribution in [2.45, 2.75) is 114 Å². The van der Waals surface area contributed by atoms with E-state index in [1.807, 2.05) is 44.2 Å². The first-order valence-corrected chi connectivity index (χ1v) is 18.3. The van der Waals surface area contributed by atoms with Crippen molar-refractivity contribution in [3.8, 4) is 0 Å². The zero-order valence-electron chi connectivity index (χ0n) is 29.8. The van der Waals surface area contributed by atoms with Crippen LogP contribution in [-0.4, -0.2) is 92.4 Å². The molecule has 49 heavy (non-hydrogen) atoms. The summed E-state index contributed by atoms with van der Waals surface area (Å²) in [6.45, 7) is 20.0. The Hall–Kier alpha value is -3.02. The second kappa shape index (κ2) is 15.5. The first kappa shape index (κ1) is 38.8. The number of aliphatic hydroxyl groups excluding tert-OH is 1. The van der Waals surface area contributed by atoms with Crippen LogP contribution in [0.3, 0.4) is 0 Å². The minimum absolute atomic E-state index is 0.0955. The molecule has 3 fully saturated rings. The summed E-state index contributed by atoms with van der Waals surface area (Å²) in [6, 6.07) is 7.59. The van der Waals surface area contributed by atoms with Crippen molar-refractivity contribution in [2.24, 2.45) is 17.3 Å². The monoisotopic (exact) mass is 743 g/mol. The smallest absolute Gasteiger partial charge is 0.313 e. The molecule has 3 aliphatic heterocycles. The topological polar surface area (TPSA) is 125 Å². The fraction of sp³-hybridized carbons (Fsp3) is 0.632. The number of aliphatic hydroxyl groups is 1. The zero-order valence-corrected chi connectivity index (χ0v) is 31.4. The fourth-order valence-corrected chi connectivity index (χ4v) is 9.35. The molecule has 4 rings (SSSR count). The number of nitrogens with zero attached hydrogens (tertiary/aromatic N) is 2. The van der Waals surface area contributed by atoms with E-state index < -0.39 is 53.2 Å². The number of ether oxygens (including phenoxy) is 2. The van der Waals surface area contributed by atoms with E-state index in [-0.39, 0.29) is 60.5 Å². The SMILES string of the molecule is C=CCCC(=O)N[C@H](C)[C@@H](OC(=O)[C@H]1[C@@H]2O[C@@]3(CC2Br)[C@@H]1C(=O)N(CCCO)[C@@H]3C(=O)N(CC=C)C(C)(C)CC(C)(C)C)c1ccccc1. The van der Waals surface area contributed by atoms with E-state index in [9.17, 15) is 24.3 Å². The van der Waals surface area contributed by atoms with Gasteiger partial charge in [-0.3, -0.25) is 19.2 Å². The van der Waals surface area contributed by atoms with Gasteiger partial charge in [-0.1, -0.05) is 79.2 Å². The average Bonchev–Trinajstić information content (AvgIpc) is 3.62. The number of esters is 1. The fourth-order valence-electron chi connectivity index (χ4n) is 8.41. The molecule has 1 aromatic rings. The molecule has 0 aromatic heterocycles. The Morgan fingerprint density at radius 3 is 2.45 bits per heavy atom. The molecule has 3 amide bonds. The van der Waals surface area contributed by atoms with Gasteiger partial charge in [0, 0.05) is 36.5 Å². The molecule has 11 heteroatoms. The number of nitrogens with one attached hydrogen (secondary N) is 1. The van der Waals surface area contributed by atoms with Crippen molar-refractivity contribution in [1.29, 1.82) is 0 Å². The number of hydrogen-bond acceptors (Lipinski definition) is 7. The standard InChI is InChI=1S/C38H54BrN3O7/c1-9-11-18-27(44)40-24(3)30(25-16-13-12-14-17-25)48-35(47)28-29-33(45)41(20-15-21-43)32(38(29)22-26(39)31(28)49-38)34(46)42(19-10-2)37(7,8)23-36(4,5)6/h9-10,12-14,16-17,24,26,28-32,43H,1-2,11,15,18-23H2,3-8H3,(H,40,44)/t24-,26?,28-,29+,30-,31-,32-,38+/m1/s1. The van der Waals surface area contributed by atoms with Crippen LogP contribution >= 0.6 is 15.9 Å². The molecular formula is C38H54BrN3O7. The number of benzene rings is 1. The summed E-state index contributed by atoms with van der Waals surface area (Å²) in [6.07, 6.45) is 3.88. The molecule has 0 saturated carbocycles. The van der Waals surface area contributed by atoms with Crippen LogP contribution in [0.4, 0.5) is 0 Å². The normalized spacial score (nSPS) is 27.3. The second-order valence-corrected chi connectivity index (χ2v) is 16.7. The lowest BCUT2D eigenvalue weighted by Crippen LogP contribution is -2.61. The minimum Gasteiger partial charge on any atom is -0.455 e. The number of carbonyl (C=O) groups excluding carboxylic acids is 4. The Kier molecular flexibility index (Phi) is 12.2. The highest BCUT2D eigenvalue weighted by atomic mass is 79.9. The van der Waals surface area contributed by atoms with E-state index in [1.165, 1.54) is 4.90 Å². The molecule has 2 bridgehead atoms. The van der Waals surface area contributed by atoms with Crippen molar-refractivity contribution in [3.63, 3.8) is 0 Å². The zero-order chi connectivity index (χ0) is 36.3. The average molecular weight is 745 g/mol. The number of fused-ring (bicyclic) bond motifs is 1. The summed E-state index contributed by atoms with van der Waals surface area (Å²) in [5.41, 5.74) is -1.28. The van der Waals surface area contributed by atoms with Gasteiger partial charge in [0.05, 0.1) is 24.0 Å². The van der Waals surface area contributed by atoms with Gasteiger partial charge in [-0.2, -0.15) is 0 Å². The van der Waals surface area contributed by atoms with Gasteiger partial charge in [0.25, 0.3) is 0 Å². The van der Waals surface area contributed by atoms with Crippen LogP contribution in [0.15, 0.2) is 55.6 Å². The summed E-state index contributed by atoms with van der Waals surface area (Å²) in [5, 5.41) is 12.7. The molecule has 0 aliphatic carbocycles. The van der Waals surface area contributed by atoms with Crippen LogP contribution in [0.5, 0.6) is 0 Å². The molecule has 1 spiro atoms. The lowest BCUT2D eigenvalue weighted by molar-refractivity contribution is -0.162. The quantitative estimate of drug-likeness (QED) is 0.137. The predicted molar refractivity (Wildman–Crippen MR) is 191 cm³/mol. The summed E-state index contributed by atoms with van der Waals surface area (Å²) in [5.74, 6) is -3.40. The maximum atomic E-state index is 14.9. The van der Waals surface area contributed by atoms with Crippen molar-refractivity contribution < 1.29 is 33.8 Å². The Bertz CT molecular complexity index is 1400. The number of amides is 3. The van der Waals surface area contributed by atoms with Gasteiger partial charge in [-0.05, 0) is 57.4 Å². The third kappa shape index (κ3) is 7.99. The highest BCUT2D eigenvalue weighted by molar-refractivity contribution is 9.09. The molecular weight excluding hydrogens is 690 g/mol. The number of carbonyl (C=O) groups is 4. The molecule has 3 heterocycles. The highest BCUT2D eigenvalue weighted by Crippen LogP contribution is 2.60. The molecule has 3 saturated heterocycles. The molecule has 270 valence electrons. The van der Waals surface area contributed by atoms with Gasteiger partial charge in [0.2, 0.25) is 17.7 Å². The van der Waals surface area contributed by atoms with E-state index in [1.54, 1.807) is 24.0 Å². The van der Waals surface area contributed by atoms with Gasteiger partial charge in [-0.15, -0.1) is 13.2 Å². The molecule has 1 aromatic carbocycles. The van der Waals surface area contributed by atoms with E-state index in [0.29, 0.717) is 24.8 Å². The second-order valence-electron chi connectivity index (χ2n) is 15.5. The van der Waals surface area contributed by atoms with Crippen LogP contribution in [-0.2, 0) is 28.7 Å². The van der Waals surface area contributed by atoms with E-state index >= 15 is 0 Å². The maximum absolute atomic E-state index is 14.9. The summed E-state index contributed by atoms with van der Waals surface area (Å²) in [4.78, 5) is 59.4. The maximum Gasteiger partial charge on any atom is 0.313 e. The van der Waals surface area contributed by atoms with Gasteiger partial charge in [0.1, 0.15) is 17.7 Å². The summed E-state index contributed by atoms with van der Waals surface area (Å²) < 4.78 is 13.0. The van der Waals surface area contributed by atoms with E-state index in [2.05, 4.69) is 55.2 Å². The van der Waals surface area contributed by atoms with Crippen LogP contribution in [0.25, 0.3) is 0 Å². The third-order valence-electron chi connectivity index (χ3n) is 9.91. The third-order valence-corrected chi connectivity index (χ3v) is 10.8. The molecule has 3 aliphatic rings. The number of likely N-dealkylation sites (tertiary alicyclic amines) is 1. The highest BCUT2D eigenvalue weighted by Gasteiger charge is 2.77. The molecule has 0 radical (unpaired) electrons. The van der Waals surface area contributed by atoms with Crippen molar-refractivity contribution in [1.82, 2.24) is 15.1 Å². The lowest BCUT2D eigenvalue weighted by atomic mass is 9.70. The number of rotatable bonds is 16. The predicted octanol–water partition coefficient (Wildman–Crippen LogP) is 5.10. The first-order chi connectivity index (χ1) is 23.0. The van der Waals surface area contributed by atoms with Crippen LogP contribution in [0.2, 0.25) is 0 Å². The Morgan fingerprint density at radius 2 is 1.86 bits per heavy atom. The first-order valence-electron chi connectivity index (χ1n) is 17.3. The number of allylic oxidation sites excluding steroid dienone is 1. The van der Waals surface area contributed by atoms with Crippen LogP contribution < -0.4 is 5.32 Å². The molecule has 2 N–H and O–H groups in total. The van der Waals surface area contributed by atoms with Crippen molar-refractivity contribution in [2.75, 3.05) is 19.7 Å². The molecule has 8 atom stereocenters. The molecule has 10 nitrogen and oxygen atoms in total. The Balaban J connectivity index is 1.72. The van der Waals surface area contributed by atoms with Crippen molar-refractivity contribution in [3.05, 3.63) is 61.2 Å². The Morgan fingerprint density at radius 1 is 1.18 bits per heavy atom. The van der Waals surface area contributed by atoms with Crippen LogP contribution in [0.1, 0.15) is 85.3 Å². The minimum atomic E-state index is -1.28. The Labute approximate surface area is 299 Å². The number of hydrogen-bond donors (Lipinski definition) is 2. The lowest BCUT2D eigenvalue weighted by Gasteiger charge is -2.45. The van der Waals surface area contributed by atoms with Gasteiger partial charge < -0.3 is 29.7 Å². The largest absolute Gasteiger partial charge is 0.455 e.